The quantitative estimate of drug-likeness (QED) is 0.867. The lowest BCUT2D eigenvalue weighted by Crippen LogP contribution is -2.44. The molecule has 2 rings (SSSR count). The Bertz CT molecular complexity index is 451. The highest BCUT2D eigenvalue weighted by atomic mass is 16.1. The smallest absolute Gasteiger partial charge is 0.253 e. The summed E-state index contributed by atoms with van der Waals surface area (Å²) in [5.74, 6) is 0.0206. The highest BCUT2D eigenvalue weighted by Crippen LogP contribution is 2.22. The number of benzene rings is 1. The average molecular weight is 261 g/mol. The van der Waals surface area contributed by atoms with E-state index in [4.69, 9.17) is 0 Å². The van der Waals surface area contributed by atoms with Crippen LogP contribution in [0.1, 0.15) is 29.8 Å². The van der Waals surface area contributed by atoms with E-state index >= 15 is 0 Å². The highest BCUT2D eigenvalue weighted by molar-refractivity contribution is 6.00. The summed E-state index contributed by atoms with van der Waals surface area (Å²) < 4.78 is 0. The van der Waals surface area contributed by atoms with Gasteiger partial charge in [-0.3, -0.25) is 4.79 Å². The van der Waals surface area contributed by atoms with Crippen LogP contribution in [-0.2, 0) is 0 Å². The Labute approximate surface area is 115 Å². The molecule has 0 atom stereocenters. The third kappa shape index (κ3) is 3.47. The van der Waals surface area contributed by atoms with Crippen molar-refractivity contribution in [2.24, 2.45) is 0 Å². The number of nitrogens with one attached hydrogen (secondary N) is 2. The van der Waals surface area contributed by atoms with Gasteiger partial charge >= 0.3 is 0 Å². The van der Waals surface area contributed by atoms with Crippen molar-refractivity contribution in [1.82, 2.24) is 10.6 Å². The van der Waals surface area contributed by atoms with E-state index in [-0.39, 0.29) is 11.9 Å². The number of piperazine rings is 1. The summed E-state index contributed by atoms with van der Waals surface area (Å²) in [5.41, 5.74) is 2.95. The van der Waals surface area contributed by atoms with E-state index in [1.807, 2.05) is 26.8 Å². The zero-order chi connectivity index (χ0) is 13.8. The molecule has 1 saturated heterocycles. The Hall–Kier alpha value is -1.55. The van der Waals surface area contributed by atoms with E-state index in [2.05, 4.69) is 27.7 Å². The SMILES string of the molecule is Cc1ccc(N2CCNCC2)c(C(=O)NC(C)C)c1. The molecule has 0 unspecified atom stereocenters. The maximum atomic E-state index is 12.3. The van der Waals surface area contributed by atoms with Gasteiger partial charge in [0.25, 0.3) is 5.91 Å². The standard InChI is InChI=1S/C15H23N3O/c1-11(2)17-15(19)13-10-12(3)4-5-14(13)18-8-6-16-7-9-18/h4-5,10-11,16H,6-9H2,1-3H3,(H,17,19). The van der Waals surface area contributed by atoms with Crippen LogP contribution in [0.2, 0.25) is 0 Å². The van der Waals surface area contributed by atoms with E-state index in [9.17, 15) is 4.79 Å². The van der Waals surface area contributed by atoms with Crippen molar-refractivity contribution in [1.29, 1.82) is 0 Å². The second-order valence-electron chi connectivity index (χ2n) is 5.39. The maximum absolute atomic E-state index is 12.3. The molecule has 4 nitrogen and oxygen atoms in total. The molecule has 19 heavy (non-hydrogen) atoms. The lowest BCUT2D eigenvalue weighted by Gasteiger charge is -2.31. The number of rotatable bonds is 3. The second kappa shape index (κ2) is 6.06. The summed E-state index contributed by atoms with van der Waals surface area (Å²) in [5, 5.41) is 6.32. The molecule has 0 saturated carbocycles. The van der Waals surface area contributed by atoms with Crippen LogP contribution in [0.4, 0.5) is 5.69 Å². The summed E-state index contributed by atoms with van der Waals surface area (Å²) in [7, 11) is 0. The van der Waals surface area contributed by atoms with Crippen molar-refractivity contribution in [3.63, 3.8) is 0 Å². The maximum Gasteiger partial charge on any atom is 0.253 e. The molecule has 1 aromatic carbocycles. The molecule has 0 aliphatic carbocycles. The number of carbonyl (C=O) groups excluding carboxylic acids is 1. The fraction of sp³-hybridized carbons (Fsp3) is 0.533. The van der Waals surface area contributed by atoms with Crippen LogP contribution in [-0.4, -0.2) is 38.1 Å². The third-order valence-corrected chi connectivity index (χ3v) is 3.27. The monoisotopic (exact) mass is 261 g/mol. The number of anilines is 1. The van der Waals surface area contributed by atoms with Gasteiger partial charge in [-0.05, 0) is 32.9 Å². The summed E-state index contributed by atoms with van der Waals surface area (Å²) in [6.07, 6.45) is 0. The largest absolute Gasteiger partial charge is 0.368 e. The Morgan fingerprint density at radius 2 is 2.00 bits per heavy atom. The van der Waals surface area contributed by atoms with Crippen LogP contribution in [0.25, 0.3) is 0 Å². The van der Waals surface area contributed by atoms with Gasteiger partial charge in [0, 0.05) is 37.9 Å². The fourth-order valence-corrected chi connectivity index (χ4v) is 2.35. The Kier molecular flexibility index (Phi) is 4.43. The van der Waals surface area contributed by atoms with Gasteiger partial charge < -0.3 is 15.5 Å². The first-order valence-corrected chi connectivity index (χ1v) is 6.95. The van der Waals surface area contributed by atoms with E-state index in [0.717, 1.165) is 43.0 Å². The minimum atomic E-state index is 0.0206. The van der Waals surface area contributed by atoms with Crippen LogP contribution < -0.4 is 15.5 Å². The minimum absolute atomic E-state index is 0.0206. The van der Waals surface area contributed by atoms with Crippen LogP contribution in [0.5, 0.6) is 0 Å². The minimum Gasteiger partial charge on any atom is -0.368 e. The van der Waals surface area contributed by atoms with Gasteiger partial charge in [-0.1, -0.05) is 11.6 Å². The molecule has 1 heterocycles. The lowest BCUT2D eigenvalue weighted by atomic mass is 10.1. The van der Waals surface area contributed by atoms with Gasteiger partial charge in [0.2, 0.25) is 0 Å². The molecular weight excluding hydrogens is 238 g/mol. The predicted octanol–water partition coefficient (Wildman–Crippen LogP) is 1.54. The van der Waals surface area contributed by atoms with Crippen LogP contribution in [0.15, 0.2) is 18.2 Å². The van der Waals surface area contributed by atoms with Crippen molar-refractivity contribution < 1.29 is 4.79 Å². The molecule has 0 aromatic heterocycles. The lowest BCUT2D eigenvalue weighted by molar-refractivity contribution is 0.0943. The summed E-state index contributed by atoms with van der Waals surface area (Å²) in [4.78, 5) is 14.6. The average Bonchev–Trinajstić information content (AvgIpc) is 2.39. The number of amides is 1. The van der Waals surface area contributed by atoms with Crippen LogP contribution in [0.3, 0.4) is 0 Å². The first-order valence-electron chi connectivity index (χ1n) is 6.95. The molecule has 104 valence electrons. The number of hydrogen-bond donors (Lipinski definition) is 2. The zero-order valence-electron chi connectivity index (χ0n) is 12.0. The topological polar surface area (TPSA) is 44.4 Å². The van der Waals surface area contributed by atoms with Gasteiger partial charge in [-0.15, -0.1) is 0 Å². The molecule has 1 fully saturated rings. The van der Waals surface area contributed by atoms with Gasteiger partial charge in [-0.25, -0.2) is 0 Å². The molecule has 1 aliphatic rings. The van der Waals surface area contributed by atoms with Crippen LogP contribution >= 0.6 is 0 Å². The zero-order valence-corrected chi connectivity index (χ0v) is 12.0. The molecular formula is C15H23N3O. The number of hydrogen-bond acceptors (Lipinski definition) is 3. The molecule has 0 bridgehead atoms. The highest BCUT2D eigenvalue weighted by Gasteiger charge is 2.18. The van der Waals surface area contributed by atoms with E-state index in [1.165, 1.54) is 0 Å². The number of aryl methyl sites for hydroxylation is 1. The third-order valence-electron chi connectivity index (χ3n) is 3.27. The van der Waals surface area contributed by atoms with Gasteiger partial charge in [-0.2, -0.15) is 0 Å². The summed E-state index contributed by atoms with van der Waals surface area (Å²) in [6, 6.07) is 6.28. The Morgan fingerprint density at radius 3 is 2.63 bits per heavy atom. The first kappa shape index (κ1) is 13.9. The number of nitrogens with zero attached hydrogens (tertiary/aromatic N) is 1. The van der Waals surface area contributed by atoms with E-state index < -0.39 is 0 Å². The Morgan fingerprint density at radius 1 is 1.32 bits per heavy atom. The van der Waals surface area contributed by atoms with Crippen molar-refractivity contribution in [2.75, 3.05) is 31.1 Å². The van der Waals surface area contributed by atoms with Crippen LogP contribution in [0, 0.1) is 6.92 Å². The summed E-state index contributed by atoms with van der Waals surface area (Å²) >= 11 is 0. The van der Waals surface area contributed by atoms with Crippen molar-refractivity contribution in [3.8, 4) is 0 Å². The van der Waals surface area contributed by atoms with Gasteiger partial charge in [0.05, 0.1) is 5.56 Å². The second-order valence-corrected chi connectivity index (χ2v) is 5.39. The van der Waals surface area contributed by atoms with Gasteiger partial charge in [0.1, 0.15) is 0 Å². The molecule has 1 aliphatic heterocycles. The fourth-order valence-electron chi connectivity index (χ4n) is 2.35. The molecule has 1 aromatic rings. The molecule has 2 N–H and O–H groups in total. The molecule has 0 radical (unpaired) electrons. The Balaban J connectivity index is 2.29. The first-order chi connectivity index (χ1) is 9.08. The van der Waals surface area contributed by atoms with Crippen molar-refractivity contribution >= 4 is 11.6 Å². The van der Waals surface area contributed by atoms with Gasteiger partial charge in [0.15, 0.2) is 0 Å². The molecule has 1 amide bonds. The molecule has 0 spiro atoms. The van der Waals surface area contributed by atoms with Crippen molar-refractivity contribution in [3.05, 3.63) is 29.3 Å². The molecule has 4 heteroatoms. The van der Waals surface area contributed by atoms with Crippen molar-refractivity contribution in [2.45, 2.75) is 26.8 Å². The summed E-state index contributed by atoms with van der Waals surface area (Å²) in [6.45, 7) is 9.83. The van der Waals surface area contributed by atoms with E-state index in [0.29, 0.717) is 0 Å². The normalized spacial score (nSPS) is 15.7. The predicted molar refractivity (Wildman–Crippen MR) is 78.9 cm³/mol. The number of carbonyl (C=O) groups is 1. The van der Waals surface area contributed by atoms with E-state index in [1.54, 1.807) is 0 Å².